The van der Waals surface area contributed by atoms with Crippen LogP contribution in [0, 0.1) is 0 Å². The van der Waals surface area contributed by atoms with Crippen molar-refractivity contribution in [1.29, 1.82) is 0 Å². The van der Waals surface area contributed by atoms with Crippen LogP contribution in [0.25, 0.3) is 122 Å². The van der Waals surface area contributed by atoms with E-state index in [9.17, 15) is 0 Å². The van der Waals surface area contributed by atoms with E-state index in [4.69, 9.17) is 19.4 Å². The molecular weight excluding hydrogens is 695 g/mol. The van der Waals surface area contributed by atoms with Crippen LogP contribution in [0.2, 0.25) is 0 Å². The molecule has 4 heteroatoms. The molecule has 57 heavy (non-hydrogen) atoms. The van der Waals surface area contributed by atoms with Crippen LogP contribution in [0.3, 0.4) is 0 Å². The van der Waals surface area contributed by atoms with Gasteiger partial charge >= 0.3 is 0 Å². The molecule has 0 spiro atoms. The Kier molecular flexibility index (Phi) is 6.89. The molecule has 0 unspecified atom stereocenters. The smallest absolute Gasteiger partial charge is 0.164 e. The number of hydrogen-bond acceptors (Lipinski definition) is 4. The van der Waals surface area contributed by atoms with Crippen molar-refractivity contribution < 1.29 is 4.42 Å². The van der Waals surface area contributed by atoms with Gasteiger partial charge in [0.05, 0.1) is 0 Å². The van der Waals surface area contributed by atoms with Crippen molar-refractivity contribution in [3.63, 3.8) is 0 Å². The number of nitrogens with zero attached hydrogens (tertiary/aromatic N) is 3. The summed E-state index contributed by atoms with van der Waals surface area (Å²) in [7, 11) is 0. The Labute approximate surface area is 328 Å². The summed E-state index contributed by atoms with van der Waals surface area (Å²) in [6, 6.07) is 66.2. The SMILES string of the molecule is c1ccc(-c2nc(-c3ccccc3)nc(-c3ccc(-c4c(-c5ccc6c7c(cccc57)-c5ccccc5-6)ccc5oc6ccccc6c45)c4ccccc34)n2)cc1. The van der Waals surface area contributed by atoms with E-state index in [0.29, 0.717) is 17.5 Å². The zero-order valence-electron chi connectivity index (χ0n) is 30.6. The number of fused-ring (bicyclic) bond motifs is 7. The molecule has 0 bridgehead atoms. The Balaban J connectivity index is 1.14. The molecule has 11 aromatic rings. The number of hydrogen-bond donors (Lipinski definition) is 0. The first-order valence-corrected chi connectivity index (χ1v) is 19.3. The summed E-state index contributed by atoms with van der Waals surface area (Å²) in [5.74, 6) is 1.90. The van der Waals surface area contributed by atoms with E-state index in [1.807, 2.05) is 66.7 Å². The van der Waals surface area contributed by atoms with Crippen molar-refractivity contribution in [3.05, 3.63) is 188 Å². The van der Waals surface area contributed by atoms with Gasteiger partial charge in [-0.3, -0.25) is 0 Å². The van der Waals surface area contributed by atoms with E-state index in [-0.39, 0.29) is 0 Å². The minimum absolute atomic E-state index is 0.629. The molecule has 1 aliphatic carbocycles. The predicted molar refractivity (Wildman–Crippen MR) is 234 cm³/mol. The second-order valence-corrected chi connectivity index (χ2v) is 14.6. The van der Waals surface area contributed by atoms with Crippen molar-refractivity contribution >= 4 is 43.5 Å². The molecule has 264 valence electrons. The summed E-state index contributed by atoms with van der Waals surface area (Å²) in [6.07, 6.45) is 0. The molecule has 0 N–H and O–H groups in total. The number of benzene rings is 9. The van der Waals surface area contributed by atoms with Crippen molar-refractivity contribution in [2.45, 2.75) is 0 Å². The standard InChI is InChI=1S/C53H31N3O/c1-3-14-32(15-4-1)51-54-52(33-16-5-2-6-17-33)56-53(55-51)44-29-28-42(36-20-9-10-21-37(36)44)49-43(30-31-47-50(49)45-22-11-12-25-46(45)57-47)38-26-27-41-35-19-8-7-18-34(35)39-23-13-24-40(38)48(39)41/h1-31H. The quantitative estimate of drug-likeness (QED) is 0.177. The van der Waals surface area contributed by atoms with Gasteiger partial charge in [0.1, 0.15) is 11.2 Å². The molecule has 0 atom stereocenters. The monoisotopic (exact) mass is 725 g/mol. The maximum absolute atomic E-state index is 6.57. The number of aromatic nitrogens is 3. The molecule has 12 rings (SSSR count). The first-order chi connectivity index (χ1) is 28.3. The molecule has 0 fully saturated rings. The number of para-hydroxylation sites is 1. The second kappa shape index (κ2) is 12.4. The highest BCUT2D eigenvalue weighted by Crippen LogP contribution is 2.52. The van der Waals surface area contributed by atoms with E-state index in [1.165, 1.54) is 38.6 Å². The van der Waals surface area contributed by atoms with Crippen LogP contribution < -0.4 is 0 Å². The molecule has 4 nitrogen and oxygen atoms in total. The van der Waals surface area contributed by atoms with Crippen LogP contribution in [0.15, 0.2) is 192 Å². The lowest BCUT2D eigenvalue weighted by atomic mass is 9.85. The first-order valence-electron chi connectivity index (χ1n) is 19.3. The zero-order valence-corrected chi connectivity index (χ0v) is 30.6. The Morgan fingerprint density at radius 3 is 1.47 bits per heavy atom. The fraction of sp³-hybridized carbons (Fsp3) is 0. The van der Waals surface area contributed by atoms with Gasteiger partial charge < -0.3 is 4.42 Å². The van der Waals surface area contributed by atoms with Crippen LogP contribution in [-0.2, 0) is 0 Å². The fourth-order valence-electron chi connectivity index (χ4n) is 9.01. The van der Waals surface area contributed by atoms with Gasteiger partial charge in [0, 0.05) is 33.0 Å². The Hall–Kier alpha value is -7.69. The maximum Gasteiger partial charge on any atom is 0.164 e. The van der Waals surface area contributed by atoms with Crippen LogP contribution in [0.5, 0.6) is 0 Å². The zero-order chi connectivity index (χ0) is 37.5. The topological polar surface area (TPSA) is 51.8 Å². The molecule has 0 aliphatic heterocycles. The average Bonchev–Trinajstić information content (AvgIpc) is 3.83. The molecular formula is C53H31N3O. The van der Waals surface area contributed by atoms with E-state index in [2.05, 4.69) is 121 Å². The summed E-state index contributed by atoms with van der Waals surface area (Å²) in [5, 5.41) is 6.90. The van der Waals surface area contributed by atoms with Gasteiger partial charge in [-0.15, -0.1) is 0 Å². The number of rotatable bonds is 5. The minimum atomic E-state index is 0.629. The van der Waals surface area contributed by atoms with Gasteiger partial charge in [-0.25, -0.2) is 15.0 Å². The Bertz CT molecular complexity index is 3320. The molecule has 1 aliphatic rings. The molecule has 9 aromatic carbocycles. The lowest BCUT2D eigenvalue weighted by Gasteiger charge is -2.18. The summed E-state index contributed by atoms with van der Waals surface area (Å²) in [4.78, 5) is 15.2. The average molecular weight is 726 g/mol. The predicted octanol–water partition coefficient (Wildman–Crippen LogP) is 14.1. The Morgan fingerprint density at radius 2 is 0.754 bits per heavy atom. The van der Waals surface area contributed by atoms with Crippen LogP contribution in [0.1, 0.15) is 0 Å². The lowest BCUT2D eigenvalue weighted by Crippen LogP contribution is -2.00. The van der Waals surface area contributed by atoms with Gasteiger partial charge in [-0.1, -0.05) is 164 Å². The minimum Gasteiger partial charge on any atom is -0.456 e. The summed E-state index contributed by atoms with van der Waals surface area (Å²) < 4.78 is 6.57. The van der Waals surface area contributed by atoms with E-state index >= 15 is 0 Å². The highest BCUT2D eigenvalue weighted by molar-refractivity contribution is 6.23. The molecule has 2 heterocycles. The van der Waals surface area contributed by atoms with Gasteiger partial charge in [0.25, 0.3) is 0 Å². The van der Waals surface area contributed by atoms with Crippen LogP contribution in [0.4, 0.5) is 0 Å². The molecule has 0 saturated heterocycles. The maximum atomic E-state index is 6.57. The van der Waals surface area contributed by atoms with Crippen LogP contribution in [-0.4, -0.2) is 15.0 Å². The molecule has 0 amide bonds. The van der Waals surface area contributed by atoms with Gasteiger partial charge in [0.15, 0.2) is 17.5 Å². The normalized spacial score (nSPS) is 11.9. The number of furan rings is 1. The van der Waals surface area contributed by atoms with Crippen molar-refractivity contribution in [3.8, 4) is 78.7 Å². The van der Waals surface area contributed by atoms with E-state index in [1.54, 1.807) is 0 Å². The van der Waals surface area contributed by atoms with Gasteiger partial charge in [-0.05, 0) is 84.8 Å². The lowest BCUT2D eigenvalue weighted by molar-refractivity contribution is 0.669. The summed E-state index contributed by atoms with van der Waals surface area (Å²) in [5.41, 5.74) is 14.3. The second-order valence-electron chi connectivity index (χ2n) is 14.6. The molecule has 0 radical (unpaired) electrons. The van der Waals surface area contributed by atoms with E-state index < -0.39 is 0 Å². The third-order valence-corrected chi connectivity index (χ3v) is 11.5. The van der Waals surface area contributed by atoms with Crippen LogP contribution >= 0.6 is 0 Å². The fourth-order valence-corrected chi connectivity index (χ4v) is 9.01. The third-order valence-electron chi connectivity index (χ3n) is 11.5. The van der Waals surface area contributed by atoms with Gasteiger partial charge in [0.2, 0.25) is 0 Å². The molecule has 0 saturated carbocycles. The first kappa shape index (κ1) is 31.6. The highest BCUT2D eigenvalue weighted by atomic mass is 16.3. The summed E-state index contributed by atoms with van der Waals surface area (Å²) >= 11 is 0. The third kappa shape index (κ3) is 4.84. The van der Waals surface area contributed by atoms with Crippen molar-refractivity contribution in [2.75, 3.05) is 0 Å². The largest absolute Gasteiger partial charge is 0.456 e. The Morgan fingerprint density at radius 1 is 0.263 bits per heavy atom. The highest BCUT2D eigenvalue weighted by Gasteiger charge is 2.26. The summed E-state index contributed by atoms with van der Waals surface area (Å²) in [6.45, 7) is 0. The van der Waals surface area contributed by atoms with Gasteiger partial charge in [-0.2, -0.15) is 0 Å². The molecule has 2 aromatic heterocycles. The van der Waals surface area contributed by atoms with Crippen molar-refractivity contribution in [1.82, 2.24) is 15.0 Å². The van der Waals surface area contributed by atoms with E-state index in [0.717, 1.165) is 66.1 Å². The van der Waals surface area contributed by atoms with Crippen molar-refractivity contribution in [2.24, 2.45) is 0 Å².